The Balaban J connectivity index is 2.51. The molecule has 0 aromatic heterocycles. The van der Waals surface area contributed by atoms with Gasteiger partial charge in [0.2, 0.25) is 11.5 Å². The molecule has 0 bridgehead atoms. The lowest BCUT2D eigenvalue weighted by Crippen LogP contribution is -2.27. The number of amides is 1. The maximum absolute atomic E-state index is 13.4. The van der Waals surface area contributed by atoms with Gasteiger partial charge in [-0.25, -0.2) is 4.39 Å². The average molecular weight is 378 g/mol. The zero-order valence-corrected chi connectivity index (χ0v) is 15.3. The standard InChI is InChI=1S/C18H19FN2O6/c1-20(10-11-6-5-7-12(19)8-11)18(22)13-9-14(25-2)16(26-3)17(27-4)15(13)21(23)24/h5-9H,10H2,1-4H3. The lowest BCUT2D eigenvalue weighted by atomic mass is 10.1. The lowest BCUT2D eigenvalue weighted by molar-refractivity contribution is -0.386. The molecule has 27 heavy (non-hydrogen) atoms. The van der Waals surface area contributed by atoms with Gasteiger partial charge in [-0.2, -0.15) is 0 Å². The summed E-state index contributed by atoms with van der Waals surface area (Å²) in [5.41, 5.74) is -0.222. The topological polar surface area (TPSA) is 91.1 Å². The highest BCUT2D eigenvalue weighted by atomic mass is 19.1. The van der Waals surface area contributed by atoms with Gasteiger partial charge in [0.15, 0.2) is 5.75 Å². The molecular formula is C18H19FN2O6. The smallest absolute Gasteiger partial charge is 0.327 e. The molecule has 0 saturated heterocycles. The molecular weight excluding hydrogens is 359 g/mol. The number of nitro groups is 1. The number of hydrogen-bond acceptors (Lipinski definition) is 6. The van der Waals surface area contributed by atoms with E-state index in [-0.39, 0.29) is 29.4 Å². The zero-order chi connectivity index (χ0) is 20.1. The van der Waals surface area contributed by atoms with Crippen LogP contribution in [0.5, 0.6) is 17.2 Å². The molecule has 0 aliphatic rings. The Morgan fingerprint density at radius 3 is 2.33 bits per heavy atom. The quantitative estimate of drug-likeness (QED) is 0.543. The fourth-order valence-corrected chi connectivity index (χ4v) is 2.67. The van der Waals surface area contributed by atoms with Crippen LogP contribution in [0.3, 0.4) is 0 Å². The fraction of sp³-hybridized carbons (Fsp3) is 0.278. The molecule has 0 aliphatic carbocycles. The van der Waals surface area contributed by atoms with Crippen LogP contribution in [0.4, 0.5) is 10.1 Å². The molecule has 9 heteroatoms. The first kappa shape index (κ1) is 20.0. The van der Waals surface area contributed by atoms with Crippen molar-refractivity contribution in [3.05, 3.63) is 57.4 Å². The van der Waals surface area contributed by atoms with Crippen molar-refractivity contribution in [2.24, 2.45) is 0 Å². The van der Waals surface area contributed by atoms with Gasteiger partial charge in [0, 0.05) is 19.7 Å². The van der Waals surface area contributed by atoms with E-state index in [1.54, 1.807) is 6.07 Å². The van der Waals surface area contributed by atoms with Crippen LogP contribution in [-0.2, 0) is 6.54 Å². The van der Waals surface area contributed by atoms with Gasteiger partial charge in [0.1, 0.15) is 11.4 Å². The Kier molecular flexibility index (Phi) is 6.17. The SMILES string of the molecule is COc1cc(C(=O)N(C)Cc2cccc(F)c2)c([N+](=O)[O-])c(OC)c1OC. The highest BCUT2D eigenvalue weighted by Gasteiger charge is 2.33. The Labute approximate surface area is 155 Å². The average Bonchev–Trinajstić information content (AvgIpc) is 2.65. The summed E-state index contributed by atoms with van der Waals surface area (Å²) >= 11 is 0. The molecule has 2 rings (SSSR count). The van der Waals surface area contributed by atoms with Crippen molar-refractivity contribution in [1.82, 2.24) is 4.90 Å². The van der Waals surface area contributed by atoms with Crippen molar-refractivity contribution in [3.8, 4) is 17.2 Å². The van der Waals surface area contributed by atoms with E-state index in [1.807, 2.05) is 0 Å². The van der Waals surface area contributed by atoms with Gasteiger partial charge in [-0.15, -0.1) is 0 Å². The second-order valence-corrected chi connectivity index (χ2v) is 5.59. The van der Waals surface area contributed by atoms with Crippen LogP contribution in [-0.4, -0.2) is 44.1 Å². The number of ether oxygens (including phenoxy) is 3. The normalized spacial score (nSPS) is 10.3. The number of hydrogen-bond donors (Lipinski definition) is 0. The van der Waals surface area contributed by atoms with Crippen molar-refractivity contribution in [2.45, 2.75) is 6.54 Å². The Morgan fingerprint density at radius 1 is 1.15 bits per heavy atom. The number of nitro benzene ring substituents is 1. The third-order valence-electron chi connectivity index (χ3n) is 3.87. The van der Waals surface area contributed by atoms with E-state index in [9.17, 15) is 19.3 Å². The number of halogens is 1. The number of nitrogens with zero attached hydrogens (tertiary/aromatic N) is 2. The summed E-state index contributed by atoms with van der Waals surface area (Å²) in [4.78, 5) is 25.0. The van der Waals surface area contributed by atoms with Crippen LogP contribution >= 0.6 is 0 Å². The Morgan fingerprint density at radius 2 is 1.81 bits per heavy atom. The minimum Gasteiger partial charge on any atom is -0.493 e. The summed E-state index contributed by atoms with van der Waals surface area (Å²) in [5, 5.41) is 11.6. The minimum atomic E-state index is -0.718. The largest absolute Gasteiger partial charge is 0.493 e. The maximum Gasteiger partial charge on any atom is 0.327 e. The van der Waals surface area contributed by atoms with Crippen molar-refractivity contribution >= 4 is 11.6 Å². The van der Waals surface area contributed by atoms with E-state index in [0.717, 1.165) is 0 Å². The monoisotopic (exact) mass is 378 g/mol. The zero-order valence-electron chi connectivity index (χ0n) is 15.3. The van der Waals surface area contributed by atoms with E-state index < -0.39 is 22.3 Å². The highest BCUT2D eigenvalue weighted by molar-refractivity contribution is 6.00. The van der Waals surface area contributed by atoms with Crippen molar-refractivity contribution in [2.75, 3.05) is 28.4 Å². The molecule has 0 radical (unpaired) electrons. The molecule has 2 aromatic carbocycles. The fourth-order valence-electron chi connectivity index (χ4n) is 2.67. The third kappa shape index (κ3) is 4.08. The predicted octanol–water partition coefficient (Wildman–Crippen LogP) is 3.03. The summed E-state index contributed by atoms with van der Waals surface area (Å²) in [6.45, 7) is 0.0599. The van der Waals surface area contributed by atoms with Crippen LogP contribution in [0.2, 0.25) is 0 Å². The third-order valence-corrected chi connectivity index (χ3v) is 3.87. The summed E-state index contributed by atoms with van der Waals surface area (Å²) < 4.78 is 28.8. The van der Waals surface area contributed by atoms with Gasteiger partial charge in [0.05, 0.1) is 26.3 Å². The number of methoxy groups -OCH3 is 3. The lowest BCUT2D eigenvalue weighted by Gasteiger charge is -2.19. The molecule has 2 aromatic rings. The second kappa shape index (κ2) is 8.35. The summed E-state index contributed by atoms with van der Waals surface area (Å²) in [7, 11) is 5.34. The van der Waals surface area contributed by atoms with E-state index >= 15 is 0 Å². The molecule has 144 valence electrons. The Bertz CT molecular complexity index is 871. The predicted molar refractivity (Wildman–Crippen MR) is 94.9 cm³/mol. The molecule has 0 N–H and O–H groups in total. The van der Waals surface area contributed by atoms with Gasteiger partial charge >= 0.3 is 5.69 Å². The van der Waals surface area contributed by atoms with Crippen molar-refractivity contribution < 1.29 is 28.3 Å². The van der Waals surface area contributed by atoms with Crippen LogP contribution in [0, 0.1) is 15.9 Å². The van der Waals surface area contributed by atoms with Crippen LogP contribution in [0.1, 0.15) is 15.9 Å². The number of benzene rings is 2. The first-order valence-electron chi connectivity index (χ1n) is 7.81. The second-order valence-electron chi connectivity index (χ2n) is 5.59. The first-order chi connectivity index (χ1) is 12.8. The van der Waals surface area contributed by atoms with Crippen LogP contribution < -0.4 is 14.2 Å². The van der Waals surface area contributed by atoms with Crippen LogP contribution in [0.15, 0.2) is 30.3 Å². The van der Waals surface area contributed by atoms with E-state index in [0.29, 0.717) is 5.56 Å². The summed E-state index contributed by atoms with van der Waals surface area (Å²) in [6, 6.07) is 6.97. The van der Waals surface area contributed by atoms with Gasteiger partial charge in [-0.1, -0.05) is 12.1 Å². The van der Waals surface area contributed by atoms with Crippen LogP contribution in [0.25, 0.3) is 0 Å². The molecule has 0 spiro atoms. The number of carbonyl (C=O) groups excluding carboxylic acids is 1. The molecule has 8 nitrogen and oxygen atoms in total. The molecule has 0 saturated carbocycles. The van der Waals surface area contributed by atoms with Gasteiger partial charge in [-0.05, 0) is 17.7 Å². The highest BCUT2D eigenvalue weighted by Crippen LogP contribution is 2.46. The van der Waals surface area contributed by atoms with Gasteiger partial charge in [-0.3, -0.25) is 14.9 Å². The number of rotatable bonds is 7. The van der Waals surface area contributed by atoms with Crippen molar-refractivity contribution in [3.63, 3.8) is 0 Å². The molecule has 0 unspecified atom stereocenters. The van der Waals surface area contributed by atoms with Gasteiger partial charge in [0.25, 0.3) is 5.91 Å². The first-order valence-corrected chi connectivity index (χ1v) is 7.81. The maximum atomic E-state index is 13.4. The molecule has 0 heterocycles. The van der Waals surface area contributed by atoms with E-state index in [2.05, 4.69) is 0 Å². The molecule has 0 aliphatic heterocycles. The summed E-state index contributed by atoms with van der Waals surface area (Å²) in [5.74, 6) is -1.18. The van der Waals surface area contributed by atoms with Crippen molar-refractivity contribution in [1.29, 1.82) is 0 Å². The molecule has 0 fully saturated rings. The van der Waals surface area contributed by atoms with E-state index in [4.69, 9.17) is 14.2 Å². The summed E-state index contributed by atoms with van der Waals surface area (Å²) in [6.07, 6.45) is 0. The molecule has 0 atom stereocenters. The number of carbonyl (C=O) groups is 1. The van der Waals surface area contributed by atoms with E-state index in [1.165, 1.54) is 57.5 Å². The van der Waals surface area contributed by atoms with Gasteiger partial charge < -0.3 is 19.1 Å². The Hall–Kier alpha value is -3.36. The molecule has 1 amide bonds. The minimum absolute atomic E-state index is 0.0102.